The van der Waals surface area contributed by atoms with E-state index in [9.17, 15) is 31.1 Å². The lowest BCUT2D eigenvalue weighted by Crippen LogP contribution is -3.00. The van der Waals surface area contributed by atoms with Crippen LogP contribution in [0.1, 0.15) is 38.1 Å². The number of alkyl halides is 6. The molecular formula is C24H21ClF6N6O3. The van der Waals surface area contributed by atoms with Gasteiger partial charge in [-0.05, 0) is 50.2 Å². The van der Waals surface area contributed by atoms with Crippen molar-refractivity contribution in [3.8, 4) is 11.3 Å². The molecule has 3 aromatic heterocycles. The molecule has 9 nitrogen and oxygen atoms in total. The van der Waals surface area contributed by atoms with Crippen molar-refractivity contribution in [1.29, 1.82) is 0 Å². The van der Waals surface area contributed by atoms with Crippen molar-refractivity contribution in [2.24, 2.45) is 0 Å². The van der Waals surface area contributed by atoms with E-state index in [1.165, 1.54) is 46.7 Å². The van der Waals surface area contributed by atoms with Gasteiger partial charge in [0, 0.05) is 24.9 Å². The van der Waals surface area contributed by atoms with Crippen LogP contribution in [0.2, 0.25) is 0 Å². The number of carbonyl (C=O) groups is 1. The van der Waals surface area contributed by atoms with Gasteiger partial charge in [-0.3, -0.25) is 4.98 Å². The van der Waals surface area contributed by atoms with Crippen molar-refractivity contribution in [3.63, 3.8) is 0 Å². The van der Waals surface area contributed by atoms with E-state index in [0.717, 1.165) is 24.3 Å². The second-order valence-electron chi connectivity index (χ2n) is 8.53. The SMILES string of the molecule is CC(C)OC(=O)OC(C)[n+]1cc(-c2ncccc2C(F)(F)F)cc2nnc(Nc3ccc(C(F)(F)F)cc3)n21.[Cl-]. The Labute approximate surface area is 229 Å². The average molecular weight is 591 g/mol. The summed E-state index contributed by atoms with van der Waals surface area (Å²) in [7, 11) is 0. The first kappa shape index (κ1) is 30.4. The number of benzene rings is 1. The summed E-state index contributed by atoms with van der Waals surface area (Å²) in [5.41, 5.74) is -2.05. The van der Waals surface area contributed by atoms with Gasteiger partial charge in [0.05, 0.1) is 28.5 Å². The molecule has 4 rings (SSSR count). The molecule has 3 heterocycles. The summed E-state index contributed by atoms with van der Waals surface area (Å²) in [6, 6.07) is 7.39. The first-order valence-electron chi connectivity index (χ1n) is 11.4. The normalized spacial score (nSPS) is 12.7. The molecule has 0 saturated heterocycles. The van der Waals surface area contributed by atoms with Crippen LogP contribution in [0, 0.1) is 0 Å². The van der Waals surface area contributed by atoms with Crippen molar-refractivity contribution < 1.29 is 57.7 Å². The highest BCUT2D eigenvalue weighted by molar-refractivity contribution is 5.67. The molecule has 0 amide bonds. The molecule has 0 radical (unpaired) electrons. The van der Waals surface area contributed by atoms with Gasteiger partial charge in [-0.2, -0.15) is 26.3 Å². The van der Waals surface area contributed by atoms with Gasteiger partial charge in [0.1, 0.15) is 0 Å². The third kappa shape index (κ3) is 6.70. The molecule has 16 heteroatoms. The van der Waals surface area contributed by atoms with Gasteiger partial charge in [-0.1, -0.05) is 9.20 Å². The molecule has 1 atom stereocenters. The lowest BCUT2D eigenvalue weighted by molar-refractivity contribution is -0.811. The van der Waals surface area contributed by atoms with Crippen molar-refractivity contribution in [3.05, 3.63) is 66.0 Å². The summed E-state index contributed by atoms with van der Waals surface area (Å²) >= 11 is 0. The Morgan fingerprint density at radius 2 is 1.65 bits per heavy atom. The highest BCUT2D eigenvalue weighted by atomic mass is 35.5. The molecule has 1 aromatic carbocycles. The van der Waals surface area contributed by atoms with E-state index < -0.39 is 47.7 Å². The van der Waals surface area contributed by atoms with Crippen molar-refractivity contribution in [2.75, 3.05) is 5.32 Å². The van der Waals surface area contributed by atoms with Crippen LogP contribution in [0.5, 0.6) is 0 Å². The molecule has 0 aliphatic heterocycles. The maximum absolute atomic E-state index is 13.7. The van der Waals surface area contributed by atoms with Crippen LogP contribution < -0.4 is 22.4 Å². The molecule has 0 aliphatic carbocycles. The fourth-order valence-electron chi connectivity index (χ4n) is 3.61. The minimum Gasteiger partial charge on any atom is -1.00 e. The number of pyridine rings is 1. The highest BCUT2D eigenvalue weighted by Gasteiger charge is 2.36. The molecule has 1 unspecified atom stereocenters. The fraction of sp³-hybridized carbons (Fsp3) is 0.292. The molecule has 0 saturated carbocycles. The van der Waals surface area contributed by atoms with E-state index in [2.05, 4.69) is 20.5 Å². The van der Waals surface area contributed by atoms with Gasteiger partial charge < -0.3 is 27.2 Å². The zero-order valence-electron chi connectivity index (χ0n) is 21.0. The number of fused-ring (bicyclic) bond motifs is 1. The first-order valence-corrected chi connectivity index (χ1v) is 11.4. The predicted octanol–water partition coefficient (Wildman–Crippen LogP) is 2.94. The molecule has 40 heavy (non-hydrogen) atoms. The Morgan fingerprint density at radius 3 is 2.25 bits per heavy atom. The minimum absolute atomic E-state index is 0. The molecular weight excluding hydrogens is 570 g/mol. The minimum atomic E-state index is -4.72. The van der Waals surface area contributed by atoms with E-state index in [4.69, 9.17) is 9.47 Å². The number of nitrogens with zero attached hydrogens (tertiary/aromatic N) is 5. The van der Waals surface area contributed by atoms with E-state index in [-0.39, 0.29) is 35.3 Å². The molecule has 0 fully saturated rings. The summed E-state index contributed by atoms with van der Waals surface area (Å²) in [5.74, 6) is -0.0268. The van der Waals surface area contributed by atoms with Gasteiger partial charge in [-0.15, -0.1) is 10.2 Å². The molecule has 0 spiro atoms. The van der Waals surface area contributed by atoms with Crippen LogP contribution in [0.3, 0.4) is 0 Å². The fourth-order valence-corrected chi connectivity index (χ4v) is 3.61. The molecule has 0 aliphatic rings. The lowest BCUT2D eigenvalue weighted by Gasteiger charge is -2.14. The van der Waals surface area contributed by atoms with Gasteiger partial charge in [0.2, 0.25) is 11.8 Å². The summed E-state index contributed by atoms with van der Waals surface area (Å²) in [4.78, 5) is 16.1. The maximum atomic E-state index is 13.7. The second-order valence-corrected chi connectivity index (χ2v) is 8.53. The second kappa shape index (κ2) is 11.5. The molecule has 0 bridgehead atoms. The van der Waals surface area contributed by atoms with Crippen LogP contribution in [-0.2, 0) is 21.8 Å². The number of carbonyl (C=O) groups excluding carboxylic acids is 1. The standard InChI is InChI=1S/C24H20F6N6O3.ClH/c1-13(2)38-22(37)39-14(3)35-12-15(20-18(24(28,29)30)5-4-10-31-20)11-19-33-34-21(36(19)35)32-17-8-6-16(7-9-17)23(25,26)27;/h4-14H,1-3H3;1H. The number of nitrogens with one attached hydrogen (secondary N) is 1. The number of rotatable bonds is 6. The third-order valence-corrected chi connectivity index (χ3v) is 5.28. The van der Waals surface area contributed by atoms with Gasteiger partial charge >= 0.3 is 24.7 Å². The van der Waals surface area contributed by atoms with Crippen molar-refractivity contribution in [2.45, 2.75) is 45.5 Å². The maximum Gasteiger partial charge on any atom is 0.513 e. The quantitative estimate of drug-likeness (QED) is 0.210. The number of anilines is 2. The molecule has 4 aromatic rings. The number of ether oxygens (including phenoxy) is 2. The number of hydrogen-bond donors (Lipinski definition) is 1. The number of aromatic nitrogens is 5. The first-order chi connectivity index (χ1) is 18.2. The predicted molar refractivity (Wildman–Crippen MR) is 124 cm³/mol. The van der Waals surface area contributed by atoms with Crippen LogP contribution in [0.25, 0.3) is 16.9 Å². The van der Waals surface area contributed by atoms with Crippen LogP contribution in [0.4, 0.5) is 42.8 Å². The Morgan fingerprint density at radius 1 is 0.975 bits per heavy atom. The summed E-state index contributed by atoms with van der Waals surface area (Å²) in [6.45, 7) is 4.63. The Balaban J connectivity index is 0.00000441. The molecule has 214 valence electrons. The zero-order valence-corrected chi connectivity index (χ0v) is 21.7. The van der Waals surface area contributed by atoms with E-state index in [1.54, 1.807) is 13.8 Å². The van der Waals surface area contributed by atoms with Crippen molar-refractivity contribution >= 4 is 23.4 Å². The summed E-state index contributed by atoms with van der Waals surface area (Å²) < 4.78 is 92.7. The number of hydrogen-bond acceptors (Lipinski definition) is 7. The molecule has 1 N–H and O–H groups in total. The van der Waals surface area contributed by atoms with Crippen LogP contribution >= 0.6 is 0 Å². The zero-order chi connectivity index (χ0) is 28.5. The monoisotopic (exact) mass is 590 g/mol. The number of halogens is 7. The lowest BCUT2D eigenvalue weighted by atomic mass is 10.1. The average Bonchev–Trinajstić information content (AvgIpc) is 3.24. The van der Waals surface area contributed by atoms with Crippen LogP contribution in [0.15, 0.2) is 54.9 Å². The van der Waals surface area contributed by atoms with E-state index in [0.29, 0.717) is 0 Å². The Bertz CT molecular complexity index is 1490. The largest absolute Gasteiger partial charge is 1.00 e. The summed E-state index contributed by atoms with van der Waals surface area (Å²) in [5, 5.41) is 10.8. The van der Waals surface area contributed by atoms with Gasteiger partial charge in [0.15, 0.2) is 0 Å². The van der Waals surface area contributed by atoms with Crippen LogP contribution in [-0.4, -0.2) is 32.0 Å². The highest BCUT2D eigenvalue weighted by Crippen LogP contribution is 2.36. The van der Waals surface area contributed by atoms with E-state index >= 15 is 0 Å². The Kier molecular flexibility index (Phi) is 8.77. The third-order valence-electron chi connectivity index (χ3n) is 5.28. The van der Waals surface area contributed by atoms with Gasteiger partial charge in [-0.25, -0.2) is 4.79 Å². The Hall–Kier alpha value is -4.14. The van der Waals surface area contributed by atoms with Crippen molar-refractivity contribution in [1.82, 2.24) is 19.7 Å². The van der Waals surface area contributed by atoms with Gasteiger partial charge in [0.25, 0.3) is 5.95 Å². The smallest absolute Gasteiger partial charge is 0.513 e. The summed E-state index contributed by atoms with van der Waals surface area (Å²) in [6.07, 6.45) is -9.51. The van der Waals surface area contributed by atoms with E-state index in [1.807, 2.05) is 0 Å². The topological polar surface area (TPSA) is 94.5 Å².